The minimum absolute atomic E-state index is 0.0222. The summed E-state index contributed by atoms with van der Waals surface area (Å²) < 4.78 is 65.6. The zero-order valence-electron chi connectivity index (χ0n) is 29.3. The number of hydrogen-bond acceptors (Lipinski definition) is 15. The Labute approximate surface area is 299 Å². The van der Waals surface area contributed by atoms with Crippen LogP contribution in [-0.4, -0.2) is 157 Å². The molecule has 16 nitrogen and oxygen atoms in total. The molecule has 0 spiro atoms. The van der Waals surface area contributed by atoms with Gasteiger partial charge in [-0.05, 0) is 36.4 Å². The third-order valence-electron chi connectivity index (χ3n) is 6.40. The fourth-order valence-corrected chi connectivity index (χ4v) is 3.82. The molecule has 16 heteroatoms. The van der Waals surface area contributed by atoms with Gasteiger partial charge in [0.05, 0.1) is 137 Å². The van der Waals surface area contributed by atoms with Crippen molar-refractivity contribution in [3.63, 3.8) is 0 Å². The third-order valence-corrected chi connectivity index (χ3v) is 6.40. The largest absolute Gasteiger partial charge is 0.491 e. The van der Waals surface area contributed by atoms with Crippen molar-refractivity contribution in [3.8, 4) is 11.5 Å². The van der Waals surface area contributed by atoms with Crippen molar-refractivity contribution in [2.45, 2.75) is 0 Å². The number of aldehydes is 1. The van der Waals surface area contributed by atoms with Crippen LogP contribution in [0, 0.1) is 10.1 Å². The highest BCUT2D eigenvalue weighted by molar-refractivity contribution is 5.74. The number of non-ortho nitro benzene ring substituents is 1. The Morgan fingerprint density at radius 2 is 0.627 bits per heavy atom. The molecule has 0 radical (unpaired) electrons. The summed E-state index contributed by atoms with van der Waals surface area (Å²) in [6.45, 7) is 10.1. The lowest BCUT2D eigenvalue weighted by atomic mass is 10.2. The van der Waals surface area contributed by atoms with Crippen molar-refractivity contribution in [2.24, 2.45) is 0 Å². The molecule has 0 amide bonds. The van der Waals surface area contributed by atoms with Gasteiger partial charge in [-0.15, -0.1) is 0 Å². The van der Waals surface area contributed by atoms with E-state index in [1.54, 1.807) is 36.4 Å². The van der Waals surface area contributed by atoms with Crippen LogP contribution in [0.3, 0.4) is 0 Å². The summed E-state index contributed by atoms with van der Waals surface area (Å²) in [5.41, 5.74) is 0.634. The molecular formula is C35H53NO15. The molecule has 0 N–H and O–H groups in total. The molecule has 0 bridgehead atoms. The van der Waals surface area contributed by atoms with E-state index in [1.165, 1.54) is 12.1 Å². The van der Waals surface area contributed by atoms with E-state index >= 15 is 0 Å². The highest BCUT2D eigenvalue weighted by atomic mass is 16.6. The van der Waals surface area contributed by atoms with E-state index in [0.29, 0.717) is 162 Å². The molecule has 0 aliphatic heterocycles. The van der Waals surface area contributed by atoms with Crippen molar-refractivity contribution < 1.29 is 66.6 Å². The van der Waals surface area contributed by atoms with Crippen molar-refractivity contribution >= 4 is 12.0 Å². The topological polar surface area (TPSA) is 171 Å². The fourth-order valence-electron chi connectivity index (χ4n) is 3.82. The number of carbonyl (C=O) groups is 1. The van der Waals surface area contributed by atoms with E-state index in [4.69, 9.17) is 56.8 Å². The van der Waals surface area contributed by atoms with Gasteiger partial charge < -0.3 is 56.8 Å². The zero-order chi connectivity index (χ0) is 36.3. The number of benzene rings is 2. The zero-order valence-corrected chi connectivity index (χ0v) is 29.3. The van der Waals surface area contributed by atoms with Crippen LogP contribution in [0.25, 0.3) is 0 Å². The lowest BCUT2D eigenvalue weighted by molar-refractivity contribution is -0.384. The first-order chi connectivity index (χ1) is 25.2. The van der Waals surface area contributed by atoms with Crippen LogP contribution in [-0.2, 0) is 47.4 Å². The van der Waals surface area contributed by atoms with Crippen LogP contribution in [0.1, 0.15) is 10.4 Å². The van der Waals surface area contributed by atoms with Crippen LogP contribution in [0.5, 0.6) is 11.5 Å². The summed E-state index contributed by atoms with van der Waals surface area (Å²) in [6, 6.07) is 12.8. The minimum Gasteiger partial charge on any atom is -0.491 e. The van der Waals surface area contributed by atoms with E-state index < -0.39 is 4.92 Å². The lowest BCUT2D eigenvalue weighted by Crippen LogP contribution is -2.15. The predicted molar refractivity (Wildman–Crippen MR) is 184 cm³/mol. The highest BCUT2D eigenvalue weighted by Crippen LogP contribution is 2.17. The van der Waals surface area contributed by atoms with Crippen molar-refractivity contribution in [3.05, 3.63) is 64.2 Å². The molecule has 0 fully saturated rings. The van der Waals surface area contributed by atoms with Crippen LogP contribution in [0.4, 0.5) is 5.69 Å². The molecule has 0 heterocycles. The van der Waals surface area contributed by atoms with Gasteiger partial charge in [0.1, 0.15) is 31.0 Å². The van der Waals surface area contributed by atoms with Gasteiger partial charge in [-0.2, -0.15) is 0 Å². The molecule has 0 saturated carbocycles. The maximum absolute atomic E-state index is 10.6. The number of carbonyl (C=O) groups excluding carboxylic acids is 1. The number of nitrogens with zero attached hydrogens (tertiary/aromatic N) is 1. The van der Waals surface area contributed by atoms with E-state index in [0.717, 1.165) is 6.29 Å². The second kappa shape index (κ2) is 32.6. The molecular weight excluding hydrogens is 674 g/mol. The maximum Gasteiger partial charge on any atom is 0.269 e. The Balaban J connectivity index is 1.16. The van der Waals surface area contributed by atoms with Gasteiger partial charge in [0.2, 0.25) is 0 Å². The standard InChI is InChI=1S/C35H53NO15/c37-31-32-1-5-34(6-2-32)50-29-27-48-25-23-46-21-19-44-17-15-42-13-11-40-9-10-41-12-14-43-16-18-45-20-22-47-24-26-49-28-30-51-35-7-3-33(4-8-35)36(38)39/h1-8,31H,9-30H2. The van der Waals surface area contributed by atoms with Gasteiger partial charge in [-0.1, -0.05) is 0 Å². The smallest absolute Gasteiger partial charge is 0.269 e. The Morgan fingerprint density at radius 3 is 0.863 bits per heavy atom. The summed E-state index contributed by atoms with van der Waals surface area (Å²) >= 11 is 0. The third kappa shape index (κ3) is 26.2. The highest BCUT2D eigenvalue weighted by Gasteiger charge is 2.04. The average Bonchev–Trinajstić information content (AvgIpc) is 3.15. The van der Waals surface area contributed by atoms with Gasteiger partial charge in [0, 0.05) is 17.7 Å². The molecule has 0 aliphatic carbocycles. The molecule has 0 atom stereocenters. The first-order valence-corrected chi connectivity index (χ1v) is 17.0. The molecule has 2 aromatic carbocycles. The summed E-state index contributed by atoms with van der Waals surface area (Å²) in [4.78, 5) is 20.8. The SMILES string of the molecule is O=Cc1ccc(OCCOCCOCCOCCOCCOCCOCCOCCOCCOCCOCCOc2ccc([N+](=O)[O-])cc2)cc1. The van der Waals surface area contributed by atoms with Crippen LogP contribution in [0.15, 0.2) is 48.5 Å². The Hall–Kier alpha value is -3.29. The molecule has 0 aromatic heterocycles. The average molecular weight is 728 g/mol. The number of rotatable bonds is 37. The molecule has 0 saturated heterocycles. The Kier molecular flexibility index (Phi) is 28.0. The van der Waals surface area contributed by atoms with Crippen molar-refractivity contribution in [2.75, 3.05) is 145 Å². The predicted octanol–water partition coefficient (Wildman–Crippen LogP) is 3.03. The van der Waals surface area contributed by atoms with Crippen LogP contribution < -0.4 is 9.47 Å². The Bertz CT molecular complexity index is 1090. The van der Waals surface area contributed by atoms with Gasteiger partial charge in [-0.3, -0.25) is 14.9 Å². The summed E-state index contributed by atoms with van der Waals surface area (Å²) in [5, 5.41) is 10.6. The molecule has 2 rings (SSSR count). The van der Waals surface area contributed by atoms with Gasteiger partial charge >= 0.3 is 0 Å². The molecule has 0 unspecified atom stereocenters. The van der Waals surface area contributed by atoms with Gasteiger partial charge in [-0.25, -0.2) is 0 Å². The van der Waals surface area contributed by atoms with Crippen LogP contribution >= 0.6 is 0 Å². The monoisotopic (exact) mass is 727 g/mol. The first-order valence-electron chi connectivity index (χ1n) is 17.0. The molecule has 0 aliphatic rings. The normalized spacial score (nSPS) is 11.1. The summed E-state index contributed by atoms with van der Waals surface area (Å²) in [6.07, 6.45) is 0.793. The first kappa shape index (κ1) is 43.9. The number of nitro benzene ring substituents is 1. The van der Waals surface area contributed by atoms with Gasteiger partial charge in [0.15, 0.2) is 0 Å². The molecule has 51 heavy (non-hydrogen) atoms. The van der Waals surface area contributed by atoms with Crippen molar-refractivity contribution in [1.82, 2.24) is 0 Å². The fraction of sp³-hybridized carbons (Fsp3) is 0.629. The minimum atomic E-state index is -0.454. The Morgan fingerprint density at radius 1 is 0.392 bits per heavy atom. The number of nitro groups is 1. The van der Waals surface area contributed by atoms with Crippen molar-refractivity contribution in [1.29, 1.82) is 0 Å². The van der Waals surface area contributed by atoms with E-state index in [2.05, 4.69) is 0 Å². The molecule has 2 aromatic rings. The lowest BCUT2D eigenvalue weighted by Gasteiger charge is -2.09. The molecule has 288 valence electrons. The number of hydrogen-bond donors (Lipinski definition) is 0. The summed E-state index contributed by atoms with van der Waals surface area (Å²) in [7, 11) is 0. The quantitative estimate of drug-likeness (QED) is 0.0430. The summed E-state index contributed by atoms with van der Waals surface area (Å²) in [5.74, 6) is 1.25. The second-order valence-corrected chi connectivity index (χ2v) is 10.3. The van der Waals surface area contributed by atoms with Crippen LogP contribution in [0.2, 0.25) is 0 Å². The number of ether oxygens (including phenoxy) is 12. The second-order valence-electron chi connectivity index (χ2n) is 10.3. The van der Waals surface area contributed by atoms with E-state index in [9.17, 15) is 14.9 Å². The van der Waals surface area contributed by atoms with E-state index in [1.807, 2.05) is 0 Å². The maximum atomic E-state index is 10.6. The van der Waals surface area contributed by atoms with E-state index in [-0.39, 0.29) is 5.69 Å². The van der Waals surface area contributed by atoms with Gasteiger partial charge in [0.25, 0.3) is 5.69 Å².